The third-order valence-electron chi connectivity index (χ3n) is 4.18. The van der Waals surface area contributed by atoms with E-state index in [-0.39, 0.29) is 0 Å². The van der Waals surface area contributed by atoms with Gasteiger partial charge in [-0.3, -0.25) is 4.99 Å². The highest BCUT2D eigenvalue weighted by Gasteiger charge is 2.21. The third-order valence-corrected chi connectivity index (χ3v) is 4.18. The summed E-state index contributed by atoms with van der Waals surface area (Å²) in [5.74, 6) is 1.84. The normalized spacial score (nSPS) is 19.2. The Bertz CT molecular complexity index is 463. The molecule has 0 aromatic heterocycles. The van der Waals surface area contributed by atoms with Crippen LogP contribution < -0.4 is 10.1 Å². The van der Waals surface area contributed by atoms with E-state index in [0.717, 1.165) is 24.8 Å². The van der Waals surface area contributed by atoms with Crippen LogP contribution in [0.2, 0.25) is 0 Å². The van der Waals surface area contributed by atoms with E-state index in [4.69, 9.17) is 4.74 Å². The number of likely N-dealkylation sites (tertiary alicyclic amines) is 1. The number of nitrogens with one attached hydrogen (secondary N) is 1. The highest BCUT2D eigenvalue weighted by molar-refractivity contribution is 5.79. The van der Waals surface area contributed by atoms with Crippen molar-refractivity contribution < 1.29 is 4.74 Å². The second-order valence-corrected chi connectivity index (χ2v) is 5.79. The maximum absolute atomic E-state index is 5.73. The summed E-state index contributed by atoms with van der Waals surface area (Å²) in [6, 6.07) is 10.5. The molecule has 122 valence electrons. The molecular formula is C17H28N4O. The second-order valence-electron chi connectivity index (χ2n) is 5.79. The van der Waals surface area contributed by atoms with Crippen molar-refractivity contribution >= 4 is 5.96 Å². The van der Waals surface area contributed by atoms with E-state index in [1.165, 1.54) is 19.4 Å². The standard InChI is InChI=1S/C17H28N4O/c1-18-17(19-14-15-8-7-11-20(15)2)21(3)12-13-22-16-9-5-4-6-10-16/h4-6,9-10,15H,7-8,11-14H2,1-3H3,(H,18,19). The summed E-state index contributed by atoms with van der Waals surface area (Å²) in [5, 5.41) is 3.47. The molecule has 0 bridgehead atoms. The van der Waals surface area contributed by atoms with Crippen LogP contribution in [0, 0.1) is 0 Å². The predicted molar refractivity (Wildman–Crippen MR) is 91.6 cm³/mol. The maximum Gasteiger partial charge on any atom is 0.193 e. The number of likely N-dealkylation sites (N-methyl/N-ethyl adjacent to an activating group) is 2. The highest BCUT2D eigenvalue weighted by Crippen LogP contribution is 2.13. The van der Waals surface area contributed by atoms with Gasteiger partial charge in [0.2, 0.25) is 0 Å². The largest absolute Gasteiger partial charge is 0.492 e. The first-order valence-electron chi connectivity index (χ1n) is 8.00. The lowest BCUT2D eigenvalue weighted by molar-refractivity contribution is 0.277. The number of benzene rings is 1. The zero-order chi connectivity index (χ0) is 15.8. The molecule has 1 aromatic carbocycles. The molecule has 1 heterocycles. The fourth-order valence-corrected chi connectivity index (χ4v) is 2.75. The van der Waals surface area contributed by atoms with Gasteiger partial charge in [0.05, 0.1) is 6.54 Å². The first-order chi connectivity index (χ1) is 10.7. The molecule has 0 radical (unpaired) electrons. The van der Waals surface area contributed by atoms with E-state index in [0.29, 0.717) is 12.6 Å². The van der Waals surface area contributed by atoms with Gasteiger partial charge in [0, 0.05) is 26.7 Å². The predicted octanol–water partition coefficient (Wildman–Crippen LogP) is 1.67. The Labute approximate surface area is 134 Å². The number of hydrogen-bond acceptors (Lipinski definition) is 3. The first kappa shape index (κ1) is 16.6. The van der Waals surface area contributed by atoms with Gasteiger partial charge in [-0.2, -0.15) is 0 Å². The molecule has 5 nitrogen and oxygen atoms in total. The van der Waals surface area contributed by atoms with Gasteiger partial charge in [0.1, 0.15) is 12.4 Å². The van der Waals surface area contributed by atoms with E-state index in [1.807, 2.05) is 44.4 Å². The molecule has 1 N–H and O–H groups in total. The molecule has 1 aliphatic rings. The fraction of sp³-hybridized carbons (Fsp3) is 0.588. The summed E-state index contributed by atoms with van der Waals surface area (Å²) < 4.78 is 5.73. The summed E-state index contributed by atoms with van der Waals surface area (Å²) in [7, 11) is 6.07. The summed E-state index contributed by atoms with van der Waals surface area (Å²) >= 11 is 0. The van der Waals surface area contributed by atoms with E-state index in [1.54, 1.807) is 0 Å². The van der Waals surface area contributed by atoms with Crippen molar-refractivity contribution in [2.75, 3.05) is 47.4 Å². The van der Waals surface area contributed by atoms with Crippen molar-refractivity contribution in [3.05, 3.63) is 30.3 Å². The SMILES string of the molecule is CN=C(NCC1CCCN1C)N(C)CCOc1ccccc1. The van der Waals surface area contributed by atoms with Crippen LogP contribution in [0.3, 0.4) is 0 Å². The van der Waals surface area contributed by atoms with Gasteiger partial charge >= 0.3 is 0 Å². The fourth-order valence-electron chi connectivity index (χ4n) is 2.75. The van der Waals surface area contributed by atoms with Crippen LogP contribution in [0.15, 0.2) is 35.3 Å². The van der Waals surface area contributed by atoms with Crippen LogP contribution in [0.5, 0.6) is 5.75 Å². The highest BCUT2D eigenvalue weighted by atomic mass is 16.5. The average Bonchev–Trinajstić information content (AvgIpc) is 2.94. The molecule has 1 aromatic rings. The first-order valence-corrected chi connectivity index (χ1v) is 8.00. The Morgan fingerprint density at radius 1 is 1.41 bits per heavy atom. The number of guanidine groups is 1. The van der Waals surface area contributed by atoms with Gasteiger partial charge < -0.3 is 19.9 Å². The summed E-state index contributed by atoms with van der Waals surface area (Å²) in [5.41, 5.74) is 0. The lowest BCUT2D eigenvalue weighted by Gasteiger charge is -2.25. The monoisotopic (exact) mass is 304 g/mol. The minimum atomic E-state index is 0.616. The molecule has 0 saturated carbocycles. The van der Waals surface area contributed by atoms with Gasteiger partial charge in [0.15, 0.2) is 5.96 Å². The molecule has 0 amide bonds. The Kier molecular flexibility index (Phi) is 6.52. The number of ether oxygens (including phenoxy) is 1. The quantitative estimate of drug-likeness (QED) is 0.641. The molecule has 1 saturated heterocycles. The summed E-state index contributed by atoms with van der Waals surface area (Å²) in [6.07, 6.45) is 2.56. The van der Waals surface area contributed by atoms with Crippen molar-refractivity contribution in [1.82, 2.24) is 15.1 Å². The lowest BCUT2D eigenvalue weighted by atomic mass is 10.2. The lowest BCUT2D eigenvalue weighted by Crippen LogP contribution is -2.45. The Morgan fingerprint density at radius 2 is 2.18 bits per heavy atom. The molecule has 0 aliphatic carbocycles. The van der Waals surface area contributed by atoms with Crippen molar-refractivity contribution in [3.8, 4) is 5.75 Å². The maximum atomic E-state index is 5.73. The molecule has 0 spiro atoms. The average molecular weight is 304 g/mol. The van der Waals surface area contributed by atoms with E-state index in [2.05, 4.69) is 27.2 Å². The van der Waals surface area contributed by atoms with Crippen LogP contribution in [-0.4, -0.2) is 69.2 Å². The molecule has 1 atom stereocenters. The number of aliphatic imine (C=N–C) groups is 1. The zero-order valence-corrected chi connectivity index (χ0v) is 14.0. The van der Waals surface area contributed by atoms with E-state index < -0.39 is 0 Å². The number of hydrogen-bond donors (Lipinski definition) is 1. The van der Waals surface area contributed by atoms with Crippen LogP contribution in [0.1, 0.15) is 12.8 Å². The topological polar surface area (TPSA) is 40.1 Å². The number of rotatable bonds is 6. The van der Waals surface area contributed by atoms with Crippen LogP contribution in [-0.2, 0) is 0 Å². The van der Waals surface area contributed by atoms with Crippen LogP contribution >= 0.6 is 0 Å². The van der Waals surface area contributed by atoms with Crippen LogP contribution in [0.4, 0.5) is 0 Å². The number of para-hydroxylation sites is 1. The molecule has 1 unspecified atom stereocenters. The summed E-state index contributed by atoms with van der Waals surface area (Å²) in [6.45, 7) is 3.60. The molecule has 1 fully saturated rings. The smallest absolute Gasteiger partial charge is 0.193 e. The minimum Gasteiger partial charge on any atom is -0.492 e. The van der Waals surface area contributed by atoms with Gasteiger partial charge in [-0.25, -0.2) is 0 Å². The van der Waals surface area contributed by atoms with Gasteiger partial charge in [-0.15, -0.1) is 0 Å². The second kappa shape index (κ2) is 8.63. The Balaban J connectivity index is 1.71. The van der Waals surface area contributed by atoms with E-state index in [9.17, 15) is 0 Å². The van der Waals surface area contributed by atoms with Crippen molar-refractivity contribution in [2.45, 2.75) is 18.9 Å². The minimum absolute atomic E-state index is 0.616. The molecular weight excluding hydrogens is 276 g/mol. The molecule has 22 heavy (non-hydrogen) atoms. The van der Waals surface area contributed by atoms with Crippen molar-refractivity contribution in [2.24, 2.45) is 4.99 Å². The van der Waals surface area contributed by atoms with Crippen molar-refractivity contribution in [1.29, 1.82) is 0 Å². The van der Waals surface area contributed by atoms with Gasteiger partial charge in [0.25, 0.3) is 0 Å². The number of nitrogens with zero attached hydrogens (tertiary/aromatic N) is 3. The van der Waals surface area contributed by atoms with Crippen LogP contribution in [0.25, 0.3) is 0 Å². The van der Waals surface area contributed by atoms with Gasteiger partial charge in [-0.05, 0) is 38.6 Å². The van der Waals surface area contributed by atoms with Crippen molar-refractivity contribution in [3.63, 3.8) is 0 Å². The van der Waals surface area contributed by atoms with E-state index >= 15 is 0 Å². The van der Waals surface area contributed by atoms with Gasteiger partial charge in [-0.1, -0.05) is 18.2 Å². The Morgan fingerprint density at radius 3 is 2.82 bits per heavy atom. The molecule has 1 aliphatic heterocycles. The molecule has 5 heteroatoms. The summed E-state index contributed by atoms with van der Waals surface area (Å²) in [4.78, 5) is 8.88. The molecule has 2 rings (SSSR count). The zero-order valence-electron chi connectivity index (χ0n) is 14.0. The third kappa shape index (κ3) is 4.91. The Hall–Kier alpha value is -1.75.